The molecule has 1 saturated heterocycles. The molecule has 1 fully saturated rings. The summed E-state index contributed by atoms with van der Waals surface area (Å²) >= 11 is 0. The van der Waals surface area contributed by atoms with E-state index in [1.54, 1.807) is 6.92 Å². The van der Waals surface area contributed by atoms with Crippen molar-refractivity contribution < 1.29 is 26.0 Å². The van der Waals surface area contributed by atoms with Gasteiger partial charge in [-0.15, -0.1) is 0 Å². The third-order valence-electron chi connectivity index (χ3n) is 4.83. The highest BCUT2D eigenvalue weighted by molar-refractivity contribution is 7.92. The Hall–Kier alpha value is -2.50. The van der Waals surface area contributed by atoms with Crippen LogP contribution in [-0.2, 0) is 24.8 Å². The Morgan fingerprint density at radius 2 is 1.81 bits per heavy atom. The van der Waals surface area contributed by atoms with E-state index in [1.165, 1.54) is 46.8 Å². The molecule has 1 heterocycles. The fourth-order valence-corrected chi connectivity index (χ4v) is 6.22. The lowest BCUT2D eigenvalue weighted by Crippen LogP contribution is -2.44. The highest BCUT2D eigenvalue weighted by Gasteiger charge is 2.38. The molecule has 8 nitrogen and oxygen atoms in total. The highest BCUT2D eigenvalue weighted by atomic mass is 32.2. The number of nitrogens with zero attached hydrogens (tertiary/aromatic N) is 1. The smallest absolute Gasteiger partial charge is 0.261 e. The average Bonchev–Trinajstić information content (AvgIpc) is 3.19. The molecule has 3 rings (SSSR count). The van der Waals surface area contributed by atoms with Crippen LogP contribution in [0.25, 0.3) is 0 Å². The molecule has 11 heteroatoms. The van der Waals surface area contributed by atoms with E-state index in [0.717, 1.165) is 6.07 Å². The lowest BCUT2D eigenvalue weighted by molar-refractivity contribution is -0.119. The second-order valence-electron chi connectivity index (χ2n) is 7.21. The van der Waals surface area contributed by atoms with Crippen LogP contribution in [0.5, 0.6) is 0 Å². The number of amides is 1. The van der Waals surface area contributed by atoms with Crippen LogP contribution in [0.15, 0.2) is 53.4 Å². The molecule has 2 aromatic rings. The van der Waals surface area contributed by atoms with Gasteiger partial charge in [0.1, 0.15) is 11.9 Å². The van der Waals surface area contributed by atoms with Gasteiger partial charge < -0.3 is 5.32 Å². The zero-order chi connectivity index (χ0) is 22.6. The van der Waals surface area contributed by atoms with Gasteiger partial charge in [-0.1, -0.05) is 13.0 Å². The molecule has 1 unspecified atom stereocenters. The van der Waals surface area contributed by atoms with E-state index in [4.69, 9.17) is 0 Å². The van der Waals surface area contributed by atoms with E-state index >= 15 is 0 Å². The quantitative estimate of drug-likeness (QED) is 0.617. The minimum absolute atomic E-state index is 0.0123. The Bertz CT molecular complexity index is 1150. The van der Waals surface area contributed by atoms with Gasteiger partial charge >= 0.3 is 0 Å². The molecule has 168 valence electrons. The third-order valence-corrected chi connectivity index (χ3v) is 8.31. The molecule has 2 aromatic carbocycles. The second-order valence-corrected chi connectivity index (χ2v) is 10.9. The van der Waals surface area contributed by atoms with E-state index in [-0.39, 0.29) is 16.3 Å². The Labute approximate surface area is 181 Å². The van der Waals surface area contributed by atoms with Crippen LogP contribution >= 0.6 is 0 Å². The van der Waals surface area contributed by atoms with Crippen molar-refractivity contribution in [1.82, 2.24) is 4.31 Å². The van der Waals surface area contributed by atoms with Gasteiger partial charge in [0.15, 0.2) is 0 Å². The van der Waals surface area contributed by atoms with Crippen LogP contribution in [0.4, 0.5) is 15.8 Å². The van der Waals surface area contributed by atoms with E-state index in [1.807, 2.05) is 0 Å². The summed E-state index contributed by atoms with van der Waals surface area (Å²) in [5.74, 6) is -1.03. The van der Waals surface area contributed by atoms with Crippen molar-refractivity contribution in [3.8, 4) is 0 Å². The molecule has 0 spiro atoms. The van der Waals surface area contributed by atoms with Crippen molar-refractivity contribution in [3.63, 3.8) is 0 Å². The molecule has 1 aliphatic heterocycles. The van der Waals surface area contributed by atoms with Gasteiger partial charge in [-0.25, -0.2) is 21.2 Å². The van der Waals surface area contributed by atoms with Crippen molar-refractivity contribution in [2.24, 2.45) is 0 Å². The minimum Gasteiger partial charge on any atom is -0.325 e. The monoisotopic (exact) mass is 469 g/mol. The number of rotatable bonds is 8. The summed E-state index contributed by atoms with van der Waals surface area (Å²) in [4.78, 5) is 12.6. The van der Waals surface area contributed by atoms with Crippen LogP contribution in [0.3, 0.4) is 0 Å². The number of halogens is 1. The topological polar surface area (TPSA) is 113 Å². The number of hydrogen-bond donors (Lipinski definition) is 2. The van der Waals surface area contributed by atoms with Crippen molar-refractivity contribution in [2.45, 2.75) is 37.1 Å². The van der Waals surface area contributed by atoms with Crippen molar-refractivity contribution in [2.75, 3.05) is 22.3 Å². The van der Waals surface area contributed by atoms with E-state index in [9.17, 15) is 26.0 Å². The second kappa shape index (κ2) is 9.33. The van der Waals surface area contributed by atoms with Gasteiger partial charge in [0.2, 0.25) is 15.9 Å². The zero-order valence-corrected chi connectivity index (χ0v) is 18.5. The predicted molar refractivity (Wildman–Crippen MR) is 116 cm³/mol. The Morgan fingerprint density at radius 3 is 2.45 bits per heavy atom. The molecular formula is C20H24FN3O5S2. The van der Waals surface area contributed by atoms with Crippen molar-refractivity contribution >= 4 is 37.3 Å². The number of carbonyl (C=O) groups is 1. The molecule has 0 bridgehead atoms. The standard InChI is InChI=1S/C20H24FN3O5S2/c1-2-13-30(26,27)24-12-4-7-19(24)20(25)22-16-8-10-18(11-9-16)31(28,29)23-17-6-3-5-15(21)14-17/h3,5-6,8-11,14,19,23H,2,4,7,12-13H2,1H3,(H,22,25). The molecule has 1 aliphatic rings. The van der Waals surface area contributed by atoms with Crippen molar-refractivity contribution in [1.29, 1.82) is 0 Å². The number of anilines is 2. The van der Waals surface area contributed by atoms with Crippen LogP contribution in [0.2, 0.25) is 0 Å². The largest absolute Gasteiger partial charge is 0.325 e. The van der Waals surface area contributed by atoms with E-state index < -0.39 is 37.8 Å². The average molecular weight is 470 g/mol. The summed E-state index contributed by atoms with van der Waals surface area (Å²) in [5, 5.41) is 2.65. The number of carbonyl (C=O) groups excluding carboxylic acids is 1. The van der Waals surface area contributed by atoms with Gasteiger partial charge in [-0.2, -0.15) is 4.31 Å². The SMILES string of the molecule is CCCS(=O)(=O)N1CCCC1C(=O)Nc1ccc(S(=O)(=O)Nc2cccc(F)c2)cc1. The van der Waals surface area contributed by atoms with Crippen molar-refractivity contribution in [3.05, 3.63) is 54.3 Å². The lowest BCUT2D eigenvalue weighted by atomic mass is 10.2. The van der Waals surface area contributed by atoms with E-state index in [2.05, 4.69) is 10.0 Å². The lowest BCUT2D eigenvalue weighted by Gasteiger charge is -2.23. The summed E-state index contributed by atoms with van der Waals surface area (Å²) in [6, 6.07) is 9.73. The van der Waals surface area contributed by atoms with Crippen LogP contribution in [0, 0.1) is 5.82 Å². The molecule has 2 N–H and O–H groups in total. The third kappa shape index (κ3) is 5.60. The predicted octanol–water partition coefficient (Wildman–Crippen LogP) is 2.77. The Kier molecular flexibility index (Phi) is 6.97. The summed E-state index contributed by atoms with van der Waals surface area (Å²) < 4.78 is 66.5. The summed E-state index contributed by atoms with van der Waals surface area (Å²) in [5.41, 5.74) is 0.432. The summed E-state index contributed by atoms with van der Waals surface area (Å²) in [6.07, 6.45) is 1.50. The molecule has 0 saturated carbocycles. The first-order valence-electron chi connectivity index (χ1n) is 9.81. The van der Waals surface area contributed by atoms with Gasteiger partial charge in [0.25, 0.3) is 10.0 Å². The number of benzene rings is 2. The maximum atomic E-state index is 13.3. The molecule has 0 aliphatic carbocycles. The zero-order valence-electron chi connectivity index (χ0n) is 16.9. The molecular weight excluding hydrogens is 445 g/mol. The van der Waals surface area contributed by atoms with Crippen LogP contribution in [0.1, 0.15) is 26.2 Å². The fraction of sp³-hybridized carbons (Fsp3) is 0.350. The minimum atomic E-state index is -3.94. The van der Waals surface area contributed by atoms with Crippen LogP contribution < -0.4 is 10.0 Å². The molecule has 0 radical (unpaired) electrons. The normalized spacial score (nSPS) is 17.4. The van der Waals surface area contributed by atoms with Gasteiger partial charge in [-0.05, 0) is 61.7 Å². The maximum absolute atomic E-state index is 13.3. The van der Waals surface area contributed by atoms with Gasteiger partial charge in [-0.3, -0.25) is 9.52 Å². The highest BCUT2D eigenvalue weighted by Crippen LogP contribution is 2.24. The Balaban J connectivity index is 1.69. The number of sulfonamides is 2. The maximum Gasteiger partial charge on any atom is 0.261 e. The molecule has 0 aromatic heterocycles. The molecule has 1 atom stereocenters. The molecule has 31 heavy (non-hydrogen) atoms. The Morgan fingerprint density at radius 1 is 1.10 bits per heavy atom. The summed E-state index contributed by atoms with van der Waals surface area (Å²) in [7, 11) is -7.44. The fourth-order valence-electron chi connectivity index (χ4n) is 3.42. The first kappa shape index (κ1) is 23.2. The first-order valence-corrected chi connectivity index (χ1v) is 12.9. The van der Waals surface area contributed by atoms with Gasteiger partial charge in [0, 0.05) is 12.2 Å². The number of hydrogen-bond acceptors (Lipinski definition) is 5. The number of nitrogens with one attached hydrogen (secondary N) is 2. The first-order chi connectivity index (χ1) is 14.6. The van der Waals surface area contributed by atoms with E-state index in [0.29, 0.717) is 31.5 Å². The van der Waals surface area contributed by atoms with Crippen LogP contribution in [-0.4, -0.2) is 45.4 Å². The summed E-state index contributed by atoms with van der Waals surface area (Å²) in [6.45, 7) is 2.07. The molecule has 1 amide bonds. The van der Waals surface area contributed by atoms with Gasteiger partial charge in [0.05, 0.1) is 16.3 Å².